The van der Waals surface area contributed by atoms with Crippen molar-refractivity contribution in [1.82, 2.24) is 10.3 Å². The number of hydrogen-bond donors (Lipinski definition) is 2. The molecule has 0 amide bonds. The summed E-state index contributed by atoms with van der Waals surface area (Å²) in [5.41, 5.74) is 0.550. The van der Waals surface area contributed by atoms with Gasteiger partial charge in [-0.25, -0.2) is 0 Å². The van der Waals surface area contributed by atoms with Gasteiger partial charge in [-0.05, 0) is 30.9 Å². The molecule has 0 bridgehead atoms. The Bertz CT molecular complexity index is 339. The fraction of sp³-hybridized carbons (Fsp3) is 0.545. The van der Waals surface area contributed by atoms with Crippen LogP contribution in [0.2, 0.25) is 5.02 Å². The molecule has 82 valence electrons. The fourth-order valence-corrected chi connectivity index (χ4v) is 1.93. The first-order valence-electron chi connectivity index (χ1n) is 5.21. The lowest BCUT2D eigenvalue weighted by atomic mass is 9.80. The Morgan fingerprint density at radius 1 is 1.53 bits per heavy atom. The van der Waals surface area contributed by atoms with E-state index < -0.39 is 5.60 Å². The van der Waals surface area contributed by atoms with Gasteiger partial charge in [0.1, 0.15) is 0 Å². The third kappa shape index (κ3) is 2.68. The summed E-state index contributed by atoms with van der Waals surface area (Å²) in [5, 5.41) is 13.7. The van der Waals surface area contributed by atoms with Gasteiger partial charge in [-0.1, -0.05) is 11.6 Å². The monoisotopic (exact) mass is 226 g/mol. The van der Waals surface area contributed by atoms with Crippen LogP contribution in [0.25, 0.3) is 0 Å². The van der Waals surface area contributed by atoms with Gasteiger partial charge in [-0.2, -0.15) is 0 Å². The summed E-state index contributed by atoms with van der Waals surface area (Å²) in [6.45, 7) is 1.33. The van der Waals surface area contributed by atoms with Crippen LogP contribution < -0.4 is 5.32 Å². The minimum atomic E-state index is -0.473. The van der Waals surface area contributed by atoms with Gasteiger partial charge in [0.15, 0.2) is 0 Å². The molecule has 1 heterocycles. The van der Waals surface area contributed by atoms with Gasteiger partial charge in [-0.3, -0.25) is 4.98 Å². The second-order valence-electron chi connectivity index (χ2n) is 4.15. The molecule has 0 aliphatic heterocycles. The molecule has 1 saturated carbocycles. The SMILES string of the molecule is OC1(CNCc2ccncc2Cl)CCC1. The minimum Gasteiger partial charge on any atom is -0.389 e. The Hall–Kier alpha value is -0.640. The highest BCUT2D eigenvalue weighted by molar-refractivity contribution is 6.31. The lowest BCUT2D eigenvalue weighted by Gasteiger charge is -2.36. The maximum absolute atomic E-state index is 9.85. The second-order valence-corrected chi connectivity index (χ2v) is 4.56. The summed E-state index contributed by atoms with van der Waals surface area (Å²) >= 11 is 5.96. The first-order valence-corrected chi connectivity index (χ1v) is 5.59. The molecule has 1 aromatic rings. The average Bonchev–Trinajstić information content (AvgIpc) is 2.18. The fourth-order valence-electron chi connectivity index (χ4n) is 1.74. The molecule has 1 aliphatic carbocycles. The van der Waals surface area contributed by atoms with Crippen LogP contribution in [-0.4, -0.2) is 22.2 Å². The van der Waals surface area contributed by atoms with Gasteiger partial charge in [0.05, 0.1) is 10.6 Å². The van der Waals surface area contributed by atoms with Crippen molar-refractivity contribution in [2.45, 2.75) is 31.4 Å². The molecule has 0 radical (unpaired) electrons. The highest BCUT2D eigenvalue weighted by atomic mass is 35.5. The molecular weight excluding hydrogens is 212 g/mol. The van der Waals surface area contributed by atoms with Crippen LogP contribution in [-0.2, 0) is 6.54 Å². The van der Waals surface area contributed by atoms with E-state index in [0.717, 1.165) is 24.8 Å². The van der Waals surface area contributed by atoms with E-state index in [4.69, 9.17) is 11.6 Å². The Labute approximate surface area is 94.5 Å². The number of hydrogen-bond acceptors (Lipinski definition) is 3. The number of halogens is 1. The Morgan fingerprint density at radius 3 is 2.93 bits per heavy atom. The Morgan fingerprint density at radius 2 is 2.33 bits per heavy atom. The summed E-state index contributed by atoms with van der Waals surface area (Å²) < 4.78 is 0. The number of nitrogens with zero attached hydrogens (tertiary/aromatic N) is 1. The maximum atomic E-state index is 9.85. The molecule has 2 N–H and O–H groups in total. The van der Waals surface area contributed by atoms with Gasteiger partial charge in [0, 0.05) is 25.5 Å². The molecule has 0 aromatic carbocycles. The van der Waals surface area contributed by atoms with Crippen LogP contribution >= 0.6 is 11.6 Å². The quantitative estimate of drug-likeness (QED) is 0.822. The third-order valence-corrected chi connectivity index (χ3v) is 3.25. The van der Waals surface area contributed by atoms with Crippen molar-refractivity contribution < 1.29 is 5.11 Å². The number of aromatic nitrogens is 1. The molecule has 1 fully saturated rings. The first-order chi connectivity index (χ1) is 7.20. The third-order valence-electron chi connectivity index (χ3n) is 2.91. The molecule has 2 rings (SSSR count). The molecule has 15 heavy (non-hydrogen) atoms. The molecule has 4 heteroatoms. The Kier molecular flexibility index (Phi) is 3.24. The van der Waals surface area contributed by atoms with Gasteiger partial charge < -0.3 is 10.4 Å². The first kappa shape index (κ1) is 10.9. The molecule has 0 unspecified atom stereocenters. The van der Waals surface area contributed by atoms with Crippen molar-refractivity contribution in [2.75, 3.05) is 6.54 Å². The van der Waals surface area contributed by atoms with Crippen LogP contribution in [0.3, 0.4) is 0 Å². The van der Waals surface area contributed by atoms with E-state index in [1.807, 2.05) is 6.07 Å². The van der Waals surface area contributed by atoms with E-state index in [1.54, 1.807) is 12.4 Å². The average molecular weight is 227 g/mol. The predicted molar refractivity (Wildman–Crippen MR) is 59.8 cm³/mol. The Balaban J connectivity index is 1.81. The molecule has 1 aliphatic rings. The lowest BCUT2D eigenvalue weighted by Crippen LogP contribution is -2.46. The highest BCUT2D eigenvalue weighted by Gasteiger charge is 2.33. The summed E-state index contributed by atoms with van der Waals surface area (Å²) in [6.07, 6.45) is 6.31. The van der Waals surface area contributed by atoms with Gasteiger partial charge >= 0.3 is 0 Å². The van der Waals surface area contributed by atoms with Gasteiger partial charge in [0.2, 0.25) is 0 Å². The van der Waals surface area contributed by atoms with Crippen LogP contribution in [0.15, 0.2) is 18.5 Å². The topological polar surface area (TPSA) is 45.1 Å². The van der Waals surface area contributed by atoms with Crippen LogP contribution in [0.1, 0.15) is 24.8 Å². The molecular formula is C11H15ClN2O. The van der Waals surface area contributed by atoms with Crippen LogP contribution in [0.5, 0.6) is 0 Å². The largest absolute Gasteiger partial charge is 0.389 e. The molecule has 0 saturated heterocycles. The van der Waals surface area contributed by atoms with Crippen molar-refractivity contribution in [3.05, 3.63) is 29.0 Å². The summed E-state index contributed by atoms with van der Waals surface area (Å²) in [7, 11) is 0. The highest BCUT2D eigenvalue weighted by Crippen LogP contribution is 2.30. The van der Waals surface area contributed by atoms with Crippen LogP contribution in [0, 0.1) is 0 Å². The zero-order valence-electron chi connectivity index (χ0n) is 8.54. The van der Waals surface area contributed by atoms with Crippen molar-refractivity contribution in [2.24, 2.45) is 0 Å². The van der Waals surface area contributed by atoms with E-state index in [2.05, 4.69) is 10.3 Å². The van der Waals surface area contributed by atoms with E-state index in [1.165, 1.54) is 0 Å². The smallest absolute Gasteiger partial charge is 0.0771 e. The van der Waals surface area contributed by atoms with Crippen LogP contribution in [0.4, 0.5) is 0 Å². The van der Waals surface area contributed by atoms with Gasteiger partial charge in [0.25, 0.3) is 0 Å². The summed E-state index contributed by atoms with van der Waals surface area (Å²) in [6, 6.07) is 1.89. The zero-order chi connectivity index (χ0) is 10.7. The normalized spacial score (nSPS) is 18.5. The molecule has 1 aromatic heterocycles. The second kappa shape index (κ2) is 4.47. The number of rotatable bonds is 4. The number of pyridine rings is 1. The summed E-state index contributed by atoms with van der Waals surface area (Å²) in [5.74, 6) is 0. The molecule has 0 atom stereocenters. The number of aliphatic hydroxyl groups is 1. The lowest BCUT2D eigenvalue weighted by molar-refractivity contribution is -0.0314. The van der Waals surface area contributed by atoms with Crippen molar-refractivity contribution in [1.29, 1.82) is 0 Å². The number of nitrogens with one attached hydrogen (secondary N) is 1. The molecule has 0 spiro atoms. The minimum absolute atomic E-state index is 0.473. The predicted octanol–water partition coefficient (Wildman–Crippen LogP) is 1.74. The van der Waals surface area contributed by atoms with E-state index >= 15 is 0 Å². The van der Waals surface area contributed by atoms with E-state index in [-0.39, 0.29) is 0 Å². The van der Waals surface area contributed by atoms with Crippen molar-refractivity contribution in [3.63, 3.8) is 0 Å². The van der Waals surface area contributed by atoms with Gasteiger partial charge in [-0.15, -0.1) is 0 Å². The standard InChI is InChI=1S/C11H15ClN2O/c12-10-7-13-5-2-9(10)6-14-8-11(15)3-1-4-11/h2,5,7,14-15H,1,3-4,6,8H2. The van der Waals surface area contributed by atoms with E-state index in [0.29, 0.717) is 18.1 Å². The molecule has 3 nitrogen and oxygen atoms in total. The van der Waals surface area contributed by atoms with Crippen molar-refractivity contribution >= 4 is 11.6 Å². The van der Waals surface area contributed by atoms with E-state index in [9.17, 15) is 5.11 Å². The maximum Gasteiger partial charge on any atom is 0.0771 e. The zero-order valence-corrected chi connectivity index (χ0v) is 9.30. The summed E-state index contributed by atoms with van der Waals surface area (Å²) in [4.78, 5) is 3.92. The van der Waals surface area contributed by atoms with Crippen molar-refractivity contribution in [3.8, 4) is 0 Å².